The molecule has 0 aliphatic heterocycles. The molecule has 22 heavy (non-hydrogen) atoms. The van der Waals surface area contributed by atoms with E-state index in [0.717, 1.165) is 29.0 Å². The SMILES string of the molecule is CCN(C)c1ccc2c(c1)c(Nc1cccc(Cl)c1)nn2C. The Morgan fingerprint density at radius 3 is 2.77 bits per heavy atom. The summed E-state index contributed by atoms with van der Waals surface area (Å²) >= 11 is 6.05. The van der Waals surface area contributed by atoms with Gasteiger partial charge in [-0.15, -0.1) is 0 Å². The van der Waals surface area contributed by atoms with Crippen LogP contribution in [0.25, 0.3) is 10.9 Å². The average Bonchev–Trinajstić information content (AvgIpc) is 2.82. The van der Waals surface area contributed by atoms with Crippen molar-refractivity contribution in [1.82, 2.24) is 9.78 Å². The summed E-state index contributed by atoms with van der Waals surface area (Å²) in [6.07, 6.45) is 0. The Balaban J connectivity index is 2.05. The molecule has 0 aliphatic rings. The van der Waals surface area contributed by atoms with Gasteiger partial charge in [0.25, 0.3) is 0 Å². The lowest BCUT2D eigenvalue weighted by Crippen LogP contribution is -2.15. The molecule has 0 saturated heterocycles. The second-order valence-corrected chi connectivity index (χ2v) is 5.76. The number of hydrogen-bond donors (Lipinski definition) is 1. The fraction of sp³-hybridized carbons (Fsp3) is 0.235. The molecular formula is C17H19ClN4. The molecule has 0 fully saturated rings. The van der Waals surface area contributed by atoms with Gasteiger partial charge >= 0.3 is 0 Å². The number of aromatic nitrogens is 2. The molecule has 5 heteroatoms. The number of anilines is 3. The van der Waals surface area contributed by atoms with Crippen molar-refractivity contribution in [2.24, 2.45) is 7.05 Å². The van der Waals surface area contributed by atoms with Crippen LogP contribution in [-0.2, 0) is 7.05 Å². The molecule has 0 atom stereocenters. The van der Waals surface area contributed by atoms with Gasteiger partial charge in [-0.05, 0) is 43.3 Å². The van der Waals surface area contributed by atoms with Gasteiger partial charge in [0.2, 0.25) is 0 Å². The standard InChI is InChI=1S/C17H19ClN4/c1-4-21(2)14-8-9-16-15(11-14)17(20-22(16)3)19-13-7-5-6-12(18)10-13/h5-11H,4H2,1-3H3,(H,19,20). The van der Waals surface area contributed by atoms with E-state index < -0.39 is 0 Å². The first-order valence-electron chi connectivity index (χ1n) is 7.29. The van der Waals surface area contributed by atoms with E-state index in [1.54, 1.807) is 0 Å². The van der Waals surface area contributed by atoms with Crippen LogP contribution >= 0.6 is 11.6 Å². The molecule has 3 aromatic rings. The molecule has 3 rings (SSSR count). The third kappa shape index (κ3) is 2.74. The van der Waals surface area contributed by atoms with Crippen molar-refractivity contribution in [3.8, 4) is 0 Å². The summed E-state index contributed by atoms with van der Waals surface area (Å²) < 4.78 is 1.89. The fourth-order valence-electron chi connectivity index (χ4n) is 2.47. The van der Waals surface area contributed by atoms with Crippen molar-refractivity contribution in [3.05, 3.63) is 47.5 Å². The molecule has 0 aliphatic carbocycles. The van der Waals surface area contributed by atoms with Crippen molar-refractivity contribution in [1.29, 1.82) is 0 Å². The molecule has 2 aromatic carbocycles. The molecule has 1 aromatic heterocycles. The van der Waals surface area contributed by atoms with Crippen LogP contribution in [0.5, 0.6) is 0 Å². The Morgan fingerprint density at radius 2 is 2.05 bits per heavy atom. The van der Waals surface area contributed by atoms with E-state index in [2.05, 4.69) is 47.5 Å². The van der Waals surface area contributed by atoms with E-state index in [1.165, 1.54) is 5.69 Å². The average molecular weight is 315 g/mol. The minimum atomic E-state index is 0.705. The quantitative estimate of drug-likeness (QED) is 0.773. The van der Waals surface area contributed by atoms with Crippen LogP contribution in [0.15, 0.2) is 42.5 Å². The first-order valence-corrected chi connectivity index (χ1v) is 7.66. The molecule has 114 valence electrons. The van der Waals surface area contributed by atoms with E-state index in [-0.39, 0.29) is 0 Å². The zero-order valence-electron chi connectivity index (χ0n) is 13.0. The maximum atomic E-state index is 6.05. The van der Waals surface area contributed by atoms with Crippen LogP contribution in [0.3, 0.4) is 0 Å². The molecular weight excluding hydrogens is 296 g/mol. The number of nitrogens with one attached hydrogen (secondary N) is 1. The molecule has 0 spiro atoms. The summed E-state index contributed by atoms with van der Waals surface area (Å²) in [5, 5.41) is 9.75. The summed E-state index contributed by atoms with van der Waals surface area (Å²) in [6, 6.07) is 14.0. The van der Waals surface area contributed by atoms with Gasteiger partial charge in [0.15, 0.2) is 5.82 Å². The van der Waals surface area contributed by atoms with E-state index in [1.807, 2.05) is 36.0 Å². The van der Waals surface area contributed by atoms with Crippen LogP contribution in [0, 0.1) is 0 Å². The third-order valence-corrected chi connectivity index (χ3v) is 4.07. The van der Waals surface area contributed by atoms with Crippen molar-refractivity contribution in [2.75, 3.05) is 23.8 Å². The highest BCUT2D eigenvalue weighted by atomic mass is 35.5. The Kier molecular flexibility index (Phi) is 3.94. The lowest BCUT2D eigenvalue weighted by molar-refractivity contribution is 0.801. The number of hydrogen-bond acceptors (Lipinski definition) is 3. The van der Waals surface area contributed by atoms with Gasteiger partial charge in [0.05, 0.1) is 5.52 Å². The Labute approximate surface area is 135 Å². The predicted molar refractivity (Wildman–Crippen MR) is 94.4 cm³/mol. The summed E-state index contributed by atoms with van der Waals surface area (Å²) in [6.45, 7) is 3.10. The van der Waals surface area contributed by atoms with E-state index in [9.17, 15) is 0 Å². The highest BCUT2D eigenvalue weighted by Crippen LogP contribution is 2.29. The number of aryl methyl sites for hydroxylation is 1. The number of rotatable bonds is 4. The van der Waals surface area contributed by atoms with Crippen molar-refractivity contribution in [2.45, 2.75) is 6.92 Å². The highest BCUT2D eigenvalue weighted by molar-refractivity contribution is 6.30. The van der Waals surface area contributed by atoms with E-state index >= 15 is 0 Å². The number of fused-ring (bicyclic) bond motifs is 1. The maximum Gasteiger partial charge on any atom is 0.160 e. The first-order chi connectivity index (χ1) is 10.6. The van der Waals surface area contributed by atoms with E-state index in [0.29, 0.717) is 5.02 Å². The Morgan fingerprint density at radius 1 is 1.23 bits per heavy atom. The van der Waals surface area contributed by atoms with Gasteiger partial charge in [-0.25, -0.2) is 0 Å². The molecule has 0 saturated carbocycles. The normalized spacial score (nSPS) is 10.9. The number of benzene rings is 2. The maximum absolute atomic E-state index is 6.05. The van der Waals surface area contributed by atoms with E-state index in [4.69, 9.17) is 11.6 Å². The fourth-order valence-corrected chi connectivity index (χ4v) is 2.66. The number of nitrogens with zero attached hydrogens (tertiary/aromatic N) is 3. The third-order valence-electron chi connectivity index (χ3n) is 3.84. The van der Waals surface area contributed by atoms with Crippen LogP contribution in [-0.4, -0.2) is 23.4 Å². The second kappa shape index (κ2) is 5.89. The molecule has 0 amide bonds. The van der Waals surface area contributed by atoms with Crippen molar-refractivity contribution >= 4 is 39.7 Å². The van der Waals surface area contributed by atoms with Gasteiger partial charge in [-0.3, -0.25) is 4.68 Å². The van der Waals surface area contributed by atoms with Crippen LogP contribution in [0.2, 0.25) is 5.02 Å². The topological polar surface area (TPSA) is 33.1 Å². The van der Waals surface area contributed by atoms with Crippen molar-refractivity contribution in [3.63, 3.8) is 0 Å². The summed E-state index contributed by atoms with van der Waals surface area (Å²) in [7, 11) is 4.04. The Hall–Kier alpha value is -2.20. The van der Waals surface area contributed by atoms with Gasteiger partial charge in [-0.1, -0.05) is 17.7 Å². The molecule has 4 nitrogen and oxygen atoms in total. The lowest BCUT2D eigenvalue weighted by atomic mass is 10.2. The zero-order valence-corrected chi connectivity index (χ0v) is 13.7. The van der Waals surface area contributed by atoms with Crippen LogP contribution in [0.1, 0.15) is 6.92 Å². The lowest BCUT2D eigenvalue weighted by Gasteiger charge is -2.16. The second-order valence-electron chi connectivity index (χ2n) is 5.32. The molecule has 0 bridgehead atoms. The largest absolute Gasteiger partial charge is 0.375 e. The molecule has 0 unspecified atom stereocenters. The molecule has 1 N–H and O–H groups in total. The predicted octanol–water partition coefficient (Wildman–Crippen LogP) is 4.43. The Bertz CT molecular complexity index is 810. The van der Waals surface area contributed by atoms with Gasteiger partial charge in [0, 0.05) is 42.4 Å². The van der Waals surface area contributed by atoms with Crippen molar-refractivity contribution < 1.29 is 0 Å². The smallest absolute Gasteiger partial charge is 0.160 e. The van der Waals surface area contributed by atoms with Gasteiger partial charge in [-0.2, -0.15) is 5.10 Å². The molecule has 1 heterocycles. The summed E-state index contributed by atoms with van der Waals surface area (Å²) in [4.78, 5) is 2.20. The summed E-state index contributed by atoms with van der Waals surface area (Å²) in [5.41, 5.74) is 3.21. The number of halogens is 1. The van der Waals surface area contributed by atoms with Crippen LogP contribution < -0.4 is 10.2 Å². The minimum absolute atomic E-state index is 0.705. The molecule has 0 radical (unpaired) electrons. The zero-order chi connectivity index (χ0) is 15.7. The van der Waals surface area contributed by atoms with Gasteiger partial charge < -0.3 is 10.2 Å². The minimum Gasteiger partial charge on any atom is -0.375 e. The summed E-state index contributed by atoms with van der Waals surface area (Å²) in [5.74, 6) is 0.839. The van der Waals surface area contributed by atoms with Gasteiger partial charge in [0.1, 0.15) is 0 Å². The van der Waals surface area contributed by atoms with Crippen LogP contribution in [0.4, 0.5) is 17.2 Å². The first kappa shape index (κ1) is 14.7. The monoisotopic (exact) mass is 314 g/mol. The highest BCUT2D eigenvalue weighted by Gasteiger charge is 2.11.